The Hall–Kier alpha value is -2.81. The van der Waals surface area contributed by atoms with Crippen LogP contribution in [0.25, 0.3) is 0 Å². The van der Waals surface area contributed by atoms with Crippen molar-refractivity contribution in [3.8, 4) is 0 Å². The van der Waals surface area contributed by atoms with Crippen LogP contribution in [-0.2, 0) is 33.4 Å². The summed E-state index contributed by atoms with van der Waals surface area (Å²) in [7, 11) is 1.66. The molecule has 5 amide bonds. The summed E-state index contributed by atoms with van der Waals surface area (Å²) in [6.45, 7) is 5.48. The van der Waals surface area contributed by atoms with Gasteiger partial charge in [0, 0.05) is 25.7 Å². The van der Waals surface area contributed by atoms with E-state index < -0.39 is 65.9 Å². The zero-order valence-electron chi connectivity index (χ0n) is 32.7. The maximum Gasteiger partial charge on any atom is 0.245 e. The normalized spacial score (nSPS) is 34.3. The molecule has 0 aromatic rings. The Morgan fingerprint density at radius 3 is 2.02 bits per heavy atom. The van der Waals surface area contributed by atoms with Gasteiger partial charge in [-0.15, -0.1) is 0 Å². The average Bonchev–Trinajstić information content (AvgIpc) is 3.42. The molecule has 0 bridgehead atoms. The first-order valence-electron chi connectivity index (χ1n) is 20.6. The zero-order chi connectivity index (χ0) is 38.5. The van der Waals surface area contributed by atoms with Crippen LogP contribution in [0.2, 0.25) is 0 Å². The van der Waals surface area contributed by atoms with Crippen molar-refractivity contribution in [3.63, 3.8) is 0 Å². The predicted molar refractivity (Wildman–Crippen MR) is 202 cm³/mol. The van der Waals surface area contributed by atoms with E-state index in [-0.39, 0.29) is 43.7 Å². The second-order valence-corrected chi connectivity index (χ2v) is 16.3. The van der Waals surface area contributed by atoms with E-state index in [1.54, 1.807) is 7.05 Å². The van der Waals surface area contributed by atoms with E-state index in [2.05, 4.69) is 21.3 Å². The molecule has 14 heteroatoms. The Morgan fingerprint density at radius 2 is 1.40 bits per heavy atom. The smallest absolute Gasteiger partial charge is 0.245 e. The fraction of sp³-hybridized carbons (Fsp3) is 0.872. The number of ether oxygens (including phenoxy) is 2. The van der Waals surface area contributed by atoms with Gasteiger partial charge in [-0.25, -0.2) is 0 Å². The number of rotatable bonds is 9. The highest BCUT2D eigenvalue weighted by Gasteiger charge is 2.39. The molecule has 1 heterocycles. The molecule has 1 saturated heterocycles. The molecule has 53 heavy (non-hydrogen) atoms. The first-order valence-corrected chi connectivity index (χ1v) is 20.6. The van der Waals surface area contributed by atoms with E-state index in [1.807, 2.05) is 20.8 Å². The van der Waals surface area contributed by atoms with Gasteiger partial charge in [0.25, 0.3) is 0 Å². The molecule has 8 N–H and O–H groups in total. The minimum Gasteiger partial charge on any atom is -0.375 e. The van der Waals surface area contributed by atoms with Gasteiger partial charge in [-0.05, 0) is 57.3 Å². The second-order valence-electron chi connectivity index (χ2n) is 16.3. The van der Waals surface area contributed by atoms with Crippen LogP contribution in [-0.4, -0.2) is 110 Å². The molecule has 0 spiro atoms. The van der Waals surface area contributed by atoms with Gasteiger partial charge in [-0.3, -0.25) is 24.0 Å². The van der Waals surface area contributed by atoms with E-state index in [0.29, 0.717) is 38.0 Å². The molecule has 1 aliphatic heterocycles. The van der Waals surface area contributed by atoms with Crippen molar-refractivity contribution >= 4 is 29.5 Å². The van der Waals surface area contributed by atoms with E-state index in [9.17, 15) is 24.0 Å². The van der Waals surface area contributed by atoms with Gasteiger partial charge in [0.2, 0.25) is 29.5 Å². The fourth-order valence-electron chi connectivity index (χ4n) is 8.44. The number of carbonyl (C=O) groups excluding carboxylic acids is 5. The SMILES string of the molecule is CCC[C@H]1C(=O)N[C@@H](C2CCCCCC2)C(=O)N[C@@H](CN)C(=O)N[C@@H](CO[C@H]2C[C@H](N)C2)C(=O)N[C@H](C)CO[C@H](CC2CCCCC2)[C@@H](C)C(=O)N1C. The molecule has 7 atom stereocenters. The topological polar surface area (TPSA) is 207 Å². The highest BCUT2D eigenvalue weighted by Crippen LogP contribution is 2.31. The van der Waals surface area contributed by atoms with Crippen LogP contribution >= 0.6 is 0 Å². The quantitative estimate of drug-likeness (QED) is 0.191. The lowest BCUT2D eigenvalue weighted by Gasteiger charge is -2.35. The summed E-state index contributed by atoms with van der Waals surface area (Å²) in [4.78, 5) is 71.6. The lowest BCUT2D eigenvalue weighted by molar-refractivity contribution is -0.147. The minimum absolute atomic E-state index is 0.0432. The number of nitrogens with one attached hydrogen (secondary N) is 4. The zero-order valence-corrected chi connectivity index (χ0v) is 32.7. The molecule has 0 radical (unpaired) electrons. The van der Waals surface area contributed by atoms with Gasteiger partial charge in [-0.1, -0.05) is 78.1 Å². The Balaban J connectivity index is 1.66. The molecule has 0 aromatic heterocycles. The van der Waals surface area contributed by atoms with Crippen molar-refractivity contribution in [1.82, 2.24) is 26.2 Å². The third kappa shape index (κ3) is 12.6. The van der Waals surface area contributed by atoms with Crippen LogP contribution in [0, 0.1) is 17.8 Å². The Labute approximate surface area is 316 Å². The fourth-order valence-corrected chi connectivity index (χ4v) is 8.44. The average molecular weight is 748 g/mol. The van der Waals surface area contributed by atoms with Crippen LogP contribution < -0.4 is 32.7 Å². The summed E-state index contributed by atoms with van der Waals surface area (Å²) in [5.41, 5.74) is 12.0. The number of hydrogen-bond donors (Lipinski definition) is 6. The summed E-state index contributed by atoms with van der Waals surface area (Å²) in [6.07, 6.45) is 13.6. The highest BCUT2D eigenvalue weighted by atomic mass is 16.5. The van der Waals surface area contributed by atoms with Crippen LogP contribution in [0.15, 0.2) is 0 Å². The van der Waals surface area contributed by atoms with E-state index in [0.717, 1.165) is 64.2 Å². The lowest BCUT2D eigenvalue weighted by atomic mass is 9.82. The van der Waals surface area contributed by atoms with Crippen molar-refractivity contribution in [2.75, 3.05) is 26.8 Å². The molecular weight excluding hydrogens is 678 g/mol. The molecule has 0 unspecified atom stereocenters. The summed E-state index contributed by atoms with van der Waals surface area (Å²) in [6, 6.07) is -4.39. The molecule has 4 aliphatic rings. The van der Waals surface area contributed by atoms with Crippen molar-refractivity contribution in [2.45, 2.75) is 172 Å². The Bertz CT molecular complexity index is 1200. The third-order valence-corrected chi connectivity index (χ3v) is 11.9. The summed E-state index contributed by atoms with van der Waals surface area (Å²) >= 11 is 0. The van der Waals surface area contributed by atoms with E-state index in [1.165, 1.54) is 11.3 Å². The highest BCUT2D eigenvalue weighted by molar-refractivity contribution is 5.96. The lowest BCUT2D eigenvalue weighted by Crippen LogP contribution is -2.62. The number of amides is 5. The standard InChI is InChI=1S/C39H69N7O7/c1-5-13-32-37(49)45-34(27-16-11-6-7-12-17-27)38(50)43-30(21-40)35(47)44-31(23-52-29-19-28(41)20-29)36(48)42-24(2)22-53-33(25(3)39(51)46(32)4)18-26-14-9-8-10-15-26/h24-34H,5-23,40-41H2,1-4H3,(H,42,48)(H,43,50)(H,44,47)(H,45,49)/t24-,25-,28-,29-,30+,31+,32+,33-,34+/m1/s1. The molecule has 0 aromatic carbocycles. The van der Waals surface area contributed by atoms with Gasteiger partial charge in [0.05, 0.1) is 31.3 Å². The number of nitrogens with zero attached hydrogens (tertiary/aromatic N) is 1. The van der Waals surface area contributed by atoms with Gasteiger partial charge in [0.1, 0.15) is 24.2 Å². The first kappa shape index (κ1) is 42.9. The molecule has 4 fully saturated rings. The van der Waals surface area contributed by atoms with Gasteiger partial charge >= 0.3 is 0 Å². The van der Waals surface area contributed by atoms with E-state index >= 15 is 0 Å². The second kappa shape index (κ2) is 21.3. The number of hydrogen-bond acceptors (Lipinski definition) is 9. The number of likely N-dealkylation sites (N-methyl/N-ethyl adjacent to an activating group) is 1. The van der Waals surface area contributed by atoms with Crippen molar-refractivity contribution in [2.24, 2.45) is 29.2 Å². The molecule has 3 aliphatic carbocycles. The Kier molecular flexibility index (Phi) is 17.3. The van der Waals surface area contributed by atoms with Crippen LogP contribution in [0.3, 0.4) is 0 Å². The summed E-state index contributed by atoms with van der Waals surface area (Å²) < 4.78 is 12.5. The monoisotopic (exact) mass is 748 g/mol. The maximum absolute atomic E-state index is 14.3. The van der Waals surface area contributed by atoms with Crippen molar-refractivity contribution in [1.29, 1.82) is 0 Å². The summed E-state index contributed by atoms with van der Waals surface area (Å²) in [5, 5.41) is 11.6. The molecule has 14 nitrogen and oxygen atoms in total. The Morgan fingerprint density at radius 1 is 0.792 bits per heavy atom. The van der Waals surface area contributed by atoms with Crippen LogP contribution in [0.5, 0.6) is 0 Å². The molecule has 4 rings (SSSR count). The van der Waals surface area contributed by atoms with Crippen molar-refractivity contribution in [3.05, 3.63) is 0 Å². The minimum atomic E-state index is -1.17. The number of carbonyl (C=O) groups is 5. The summed E-state index contributed by atoms with van der Waals surface area (Å²) in [5.74, 6) is -2.49. The maximum atomic E-state index is 14.3. The van der Waals surface area contributed by atoms with Crippen molar-refractivity contribution < 1.29 is 33.4 Å². The molecule has 3 saturated carbocycles. The van der Waals surface area contributed by atoms with Gasteiger partial charge in [-0.2, -0.15) is 0 Å². The third-order valence-electron chi connectivity index (χ3n) is 11.9. The van der Waals surface area contributed by atoms with E-state index in [4.69, 9.17) is 20.9 Å². The largest absolute Gasteiger partial charge is 0.375 e. The first-order chi connectivity index (χ1) is 25.4. The predicted octanol–water partition coefficient (Wildman–Crippen LogP) is 2.01. The van der Waals surface area contributed by atoms with Crippen LogP contribution in [0.1, 0.15) is 124 Å². The number of nitrogens with two attached hydrogens (primary N) is 2. The van der Waals surface area contributed by atoms with Crippen LogP contribution in [0.4, 0.5) is 0 Å². The van der Waals surface area contributed by atoms with Gasteiger partial charge in [0.15, 0.2) is 0 Å². The van der Waals surface area contributed by atoms with Gasteiger partial charge < -0.3 is 47.1 Å². The molecular formula is C39H69N7O7. The molecule has 302 valence electrons.